The van der Waals surface area contributed by atoms with Gasteiger partial charge in [0.05, 0.1) is 17.1 Å². The smallest absolute Gasteiger partial charge is 0.115 e. The molecular formula is C20H29NO2S. The van der Waals surface area contributed by atoms with E-state index in [4.69, 9.17) is 4.74 Å². The zero-order valence-corrected chi connectivity index (χ0v) is 15.8. The molecule has 0 spiro atoms. The van der Waals surface area contributed by atoms with Crippen LogP contribution in [0.15, 0.2) is 42.7 Å². The largest absolute Gasteiger partial charge is 0.497 e. The molecule has 0 saturated heterocycles. The molecule has 0 bridgehead atoms. The Labute approximate surface area is 148 Å². The normalized spacial score (nSPS) is 23.8. The molecule has 1 aromatic carbocycles. The summed E-state index contributed by atoms with van der Waals surface area (Å²) in [5.41, 5.74) is 1.21. The predicted molar refractivity (Wildman–Crippen MR) is 99.6 cm³/mol. The van der Waals surface area contributed by atoms with Crippen molar-refractivity contribution in [2.45, 2.75) is 69.9 Å². The highest BCUT2D eigenvalue weighted by molar-refractivity contribution is 7.84. The third-order valence-electron chi connectivity index (χ3n) is 4.70. The molecule has 3 rings (SSSR count). The van der Waals surface area contributed by atoms with Gasteiger partial charge < -0.3 is 4.74 Å². The van der Waals surface area contributed by atoms with Gasteiger partial charge in [-0.2, -0.15) is 0 Å². The number of rotatable bonds is 6. The fourth-order valence-electron chi connectivity index (χ4n) is 3.36. The molecule has 4 heteroatoms. The maximum atomic E-state index is 13.3. The maximum Gasteiger partial charge on any atom is 0.115 e. The molecule has 0 N–H and O–H groups in total. The van der Waals surface area contributed by atoms with Crippen molar-refractivity contribution >= 4 is 11.0 Å². The molecule has 1 saturated carbocycles. The lowest BCUT2D eigenvalue weighted by Gasteiger charge is -2.39. The van der Waals surface area contributed by atoms with Crippen LogP contribution >= 0.6 is 0 Å². The summed E-state index contributed by atoms with van der Waals surface area (Å²) in [6.07, 6.45) is 8.59. The molecule has 3 atom stereocenters. The van der Waals surface area contributed by atoms with Crippen LogP contribution in [0.4, 0.5) is 0 Å². The van der Waals surface area contributed by atoms with E-state index in [0.29, 0.717) is 5.92 Å². The summed E-state index contributed by atoms with van der Waals surface area (Å²) in [6.45, 7) is 6.90. The number of allylic oxidation sites excluding steroid dienone is 1. The van der Waals surface area contributed by atoms with Crippen LogP contribution in [-0.4, -0.2) is 25.4 Å². The molecule has 1 unspecified atom stereocenters. The Morgan fingerprint density at radius 1 is 1.21 bits per heavy atom. The number of hydrogen-bond acceptors (Lipinski definition) is 2. The Morgan fingerprint density at radius 2 is 1.92 bits per heavy atom. The summed E-state index contributed by atoms with van der Waals surface area (Å²) in [6, 6.07) is 10.6. The first-order valence-electron chi connectivity index (χ1n) is 9.00. The first-order chi connectivity index (χ1) is 11.5. The van der Waals surface area contributed by atoms with Gasteiger partial charge in [-0.25, -0.2) is 8.51 Å². The molecule has 2 aliphatic rings. The topological polar surface area (TPSA) is 29.5 Å². The molecule has 0 amide bonds. The van der Waals surface area contributed by atoms with Gasteiger partial charge in [0.15, 0.2) is 0 Å². The lowest BCUT2D eigenvalue weighted by molar-refractivity contribution is 0.0458. The fraction of sp³-hybridized carbons (Fsp3) is 0.600. The van der Waals surface area contributed by atoms with Crippen LogP contribution in [-0.2, 0) is 22.3 Å². The van der Waals surface area contributed by atoms with Crippen LogP contribution in [0.3, 0.4) is 0 Å². The molecule has 132 valence electrons. The van der Waals surface area contributed by atoms with Gasteiger partial charge in [-0.15, -0.1) is 0 Å². The van der Waals surface area contributed by atoms with Crippen molar-refractivity contribution in [2.75, 3.05) is 0 Å². The van der Waals surface area contributed by atoms with Gasteiger partial charge >= 0.3 is 0 Å². The summed E-state index contributed by atoms with van der Waals surface area (Å²) in [7, 11) is -1.06. The van der Waals surface area contributed by atoms with E-state index in [1.54, 1.807) is 0 Å². The van der Waals surface area contributed by atoms with Gasteiger partial charge in [0.2, 0.25) is 0 Å². The van der Waals surface area contributed by atoms with Gasteiger partial charge in [0.1, 0.15) is 17.1 Å². The lowest BCUT2D eigenvalue weighted by atomic mass is 9.99. The molecule has 1 aliphatic carbocycles. The van der Waals surface area contributed by atoms with Gasteiger partial charge in [-0.05, 0) is 64.0 Å². The summed E-state index contributed by atoms with van der Waals surface area (Å²) < 4.78 is 21.3. The lowest BCUT2D eigenvalue weighted by Crippen LogP contribution is -2.50. The van der Waals surface area contributed by atoms with Crippen molar-refractivity contribution in [1.29, 1.82) is 0 Å². The number of nitrogens with zero attached hydrogens (tertiary/aromatic N) is 1. The Kier molecular flexibility index (Phi) is 5.46. The van der Waals surface area contributed by atoms with Crippen molar-refractivity contribution < 1.29 is 8.95 Å². The Morgan fingerprint density at radius 3 is 2.46 bits per heavy atom. The molecule has 0 radical (unpaired) electrons. The van der Waals surface area contributed by atoms with E-state index in [-0.39, 0.29) is 16.9 Å². The van der Waals surface area contributed by atoms with Crippen LogP contribution in [0.2, 0.25) is 0 Å². The average Bonchev–Trinajstić information content (AvgIpc) is 3.39. The van der Waals surface area contributed by atoms with Crippen molar-refractivity contribution in [3.8, 4) is 0 Å². The van der Waals surface area contributed by atoms with Crippen molar-refractivity contribution in [1.82, 2.24) is 4.31 Å². The van der Waals surface area contributed by atoms with E-state index in [0.717, 1.165) is 19.4 Å². The zero-order chi connectivity index (χ0) is 17.2. The fourth-order valence-corrected chi connectivity index (χ4v) is 4.85. The van der Waals surface area contributed by atoms with Crippen molar-refractivity contribution in [2.24, 2.45) is 5.92 Å². The molecule has 1 fully saturated rings. The number of ether oxygens (including phenoxy) is 1. The standard InChI is InChI=1S/C20H29NO2S/c1-20(2,3)24(22)21(15-16-9-5-4-6-10-16)19(17-12-13-17)18-11-7-8-14-23-18/h4-6,8-10,14,17-19H,7,11-13,15H2,1-3H3/t18-,19+,24?/m0/s1. The second-order valence-corrected chi connectivity index (χ2v) is 10.1. The minimum atomic E-state index is -1.06. The second-order valence-electron chi connectivity index (χ2n) is 7.87. The van der Waals surface area contributed by atoms with Gasteiger partial charge in [0.25, 0.3) is 0 Å². The van der Waals surface area contributed by atoms with E-state index < -0.39 is 11.0 Å². The highest BCUT2D eigenvalue weighted by Gasteiger charge is 2.45. The molecule has 24 heavy (non-hydrogen) atoms. The van der Waals surface area contributed by atoms with Gasteiger partial charge in [-0.1, -0.05) is 30.3 Å². The number of benzene rings is 1. The second kappa shape index (κ2) is 7.40. The minimum absolute atomic E-state index is 0.150. The molecule has 1 heterocycles. The third-order valence-corrected chi connectivity index (χ3v) is 6.55. The van der Waals surface area contributed by atoms with E-state index >= 15 is 0 Å². The minimum Gasteiger partial charge on any atom is -0.497 e. The molecular weight excluding hydrogens is 318 g/mol. The first kappa shape index (κ1) is 17.7. The van der Waals surface area contributed by atoms with Crippen molar-refractivity contribution in [3.63, 3.8) is 0 Å². The number of hydrogen-bond donors (Lipinski definition) is 0. The zero-order valence-electron chi connectivity index (χ0n) is 15.0. The Bertz CT molecular complexity index is 589. The average molecular weight is 348 g/mol. The van der Waals surface area contributed by atoms with Gasteiger partial charge in [0, 0.05) is 6.54 Å². The van der Waals surface area contributed by atoms with Crippen LogP contribution < -0.4 is 0 Å². The van der Waals surface area contributed by atoms with Crippen LogP contribution in [0.1, 0.15) is 52.0 Å². The van der Waals surface area contributed by atoms with Crippen LogP contribution in [0.5, 0.6) is 0 Å². The van der Waals surface area contributed by atoms with Gasteiger partial charge in [-0.3, -0.25) is 0 Å². The monoisotopic (exact) mass is 347 g/mol. The quantitative estimate of drug-likeness (QED) is 0.762. The van der Waals surface area contributed by atoms with E-state index in [2.05, 4.69) is 55.4 Å². The first-order valence-corrected chi connectivity index (χ1v) is 10.1. The summed E-state index contributed by atoms with van der Waals surface area (Å²) >= 11 is 0. The molecule has 0 aromatic heterocycles. The summed E-state index contributed by atoms with van der Waals surface area (Å²) in [5.74, 6) is 0.608. The highest BCUT2D eigenvalue weighted by Crippen LogP contribution is 2.41. The molecule has 3 nitrogen and oxygen atoms in total. The van der Waals surface area contributed by atoms with E-state index in [1.807, 2.05) is 12.3 Å². The Hall–Kier alpha value is -1.13. The Balaban J connectivity index is 1.88. The highest BCUT2D eigenvalue weighted by atomic mass is 32.2. The van der Waals surface area contributed by atoms with E-state index in [1.165, 1.54) is 18.4 Å². The SMILES string of the molecule is CC(C)(C)S(=O)N(Cc1ccccc1)[C@H](C1CC1)[C@@H]1CCC=CO1. The van der Waals surface area contributed by atoms with Crippen LogP contribution in [0.25, 0.3) is 0 Å². The summed E-state index contributed by atoms with van der Waals surface area (Å²) in [5, 5.41) is 0. The molecule has 1 aliphatic heterocycles. The summed E-state index contributed by atoms with van der Waals surface area (Å²) in [4.78, 5) is 0. The predicted octanol–water partition coefficient (Wildman–Crippen LogP) is 4.42. The van der Waals surface area contributed by atoms with E-state index in [9.17, 15) is 4.21 Å². The molecule has 1 aromatic rings. The third kappa shape index (κ3) is 4.28. The van der Waals surface area contributed by atoms with Crippen LogP contribution in [0, 0.1) is 5.92 Å². The maximum absolute atomic E-state index is 13.3. The van der Waals surface area contributed by atoms with Crippen molar-refractivity contribution in [3.05, 3.63) is 48.2 Å².